The largest absolute Gasteiger partial charge is 0.503 e. The van der Waals surface area contributed by atoms with Gasteiger partial charge in [-0.25, -0.2) is 9.78 Å². The average molecular weight is 554 g/mol. The Labute approximate surface area is 227 Å². The molecule has 0 aliphatic heterocycles. The van der Waals surface area contributed by atoms with Gasteiger partial charge in [-0.3, -0.25) is 4.79 Å². The van der Waals surface area contributed by atoms with Gasteiger partial charge in [0.1, 0.15) is 6.04 Å². The minimum atomic E-state index is -4.50. The number of rotatable bonds is 8. The summed E-state index contributed by atoms with van der Waals surface area (Å²) in [4.78, 5) is 35.0. The number of pyridine rings is 1. The van der Waals surface area contributed by atoms with E-state index in [1.807, 2.05) is 36.4 Å². The highest BCUT2D eigenvalue weighted by molar-refractivity contribution is 5.97. The quantitative estimate of drug-likeness (QED) is 0.287. The number of amides is 1. The molecule has 4 rings (SSSR count). The molecule has 0 radical (unpaired) electrons. The number of aromatic nitrogens is 1. The Morgan fingerprint density at radius 3 is 2.27 bits per heavy atom. The molecule has 0 saturated carbocycles. The topological polar surface area (TPSA) is 101 Å². The van der Waals surface area contributed by atoms with Gasteiger partial charge in [-0.1, -0.05) is 48.5 Å². The molecule has 0 saturated heterocycles. The van der Waals surface area contributed by atoms with Gasteiger partial charge in [0, 0.05) is 19.3 Å². The fourth-order valence-corrected chi connectivity index (χ4v) is 4.21. The zero-order valence-corrected chi connectivity index (χ0v) is 21.8. The molecule has 40 heavy (non-hydrogen) atoms. The third-order valence-corrected chi connectivity index (χ3v) is 6.26. The summed E-state index contributed by atoms with van der Waals surface area (Å²) < 4.78 is 44.5. The lowest BCUT2D eigenvalue weighted by Gasteiger charge is -2.29. The molecule has 0 aliphatic rings. The highest BCUT2D eigenvalue weighted by Crippen LogP contribution is 2.34. The number of hydroxylamine groups is 2. The number of carbonyl (C=O) groups is 2. The molecule has 0 fully saturated rings. The lowest BCUT2D eigenvalue weighted by Crippen LogP contribution is -2.42. The maximum atomic E-state index is 13.2. The molecular weight excluding hydrogens is 527 g/mol. The number of hydrogen-bond acceptors (Lipinski definition) is 7. The van der Waals surface area contributed by atoms with Crippen LogP contribution in [-0.2, 0) is 15.8 Å². The van der Waals surface area contributed by atoms with Crippen molar-refractivity contribution in [1.82, 2.24) is 15.4 Å². The summed E-state index contributed by atoms with van der Waals surface area (Å²) in [6.45, 7) is 1.38. The first-order chi connectivity index (χ1) is 19.0. The molecule has 1 aromatic heterocycles. The summed E-state index contributed by atoms with van der Waals surface area (Å²) in [6.07, 6.45) is -3.24. The third kappa shape index (κ3) is 6.15. The molecule has 1 unspecified atom stereocenters. The summed E-state index contributed by atoms with van der Waals surface area (Å²) >= 11 is 0. The number of benzene rings is 3. The first kappa shape index (κ1) is 28.4. The predicted octanol–water partition coefficient (Wildman–Crippen LogP) is 5.27. The van der Waals surface area contributed by atoms with E-state index in [0.717, 1.165) is 22.9 Å². The Balaban J connectivity index is 1.58. The van der Waals surface area contributed by atoms with Crippen LogP contribution < -0.4 is 10.1 Å². The number of carbonyl (C=O) groups excluding carboxylic acids is 2. The fraction of sp³-hybridized carbons (Fsp3) is 0.207. The van der Waals surface area contributed by atoms with Gasteiger partial charge in [-0.2, -0.15) is 13.2 Å². The normalized spacial score (nSPS) is 13.1. The van der Waals surface area contributed by atoms with Crippen LogP contribution in [-0.4, -0.2) is 47.2 Å². The van der Waals surface area contributed by atoms with Gasteiger partial charge >= 0.3 is 12.1 Å². The van der Waals surface area contributed by atoms with Crippen LogP contribution in [0.1, 0.15) is 40.1 Å². The summed E-state index contributed by atoms with van der Waals surface area (Å²) in [5, 5.41) is 15.7. The van der Waals surface area contributed by atoms with Crippen molar-refractivity contribution >= 4 is 22.6 Å². The molecule has 208 valence electrons. The highest BCUT2D eigenvalue weighted by Gasteiger charge is 2.32. The lowest BCUT2D eigenvalue weighted by atomic mass is 9.95. The Morgan fingerprint density at radius 2 is 1.62 bits per heavy atom. The second-order valence-electron chi connectivity index (χ2n) is 8.99. The number of nitrogens with zero attached hydrogens (tertiary/aromatic N) is 2. The molecule has 0 aliphatic carbocycles. The standard InChI is InChI=1S/C29H26F3N3O5/c1-17(34-27(37)24-26(36)23(39-3)14-15-33-24)28(38)40-35(2)25(19-10-12-22(13-11-19)29(30,31)32)21-9-8-18-6-4-5-7-20(18)16-21/h4-17,25,36H,1-3H3,(H,34,37)/t17-,25?/m0/s1. The maximum Gasteiger partial charge on any atom is 0.416 e. The molecule has 4 aromatic rings. The van der Waals surface area contributed by atoms with E-state index in [1.54, 1.807) is 6.07 Å². The van der Waals surface area contributed by atoms with Crippen LogP contribution in [0.2, 0.25) is 0 Å². The van der Waals surface area contributed by atoms with Crippen molar-refractivity contribution in [3.63, 3.8) is 0 Å². The van der Waals surface area contributed by atoms with Crippen LogP contribution in [0.3, 0.4) is 0 Å². The van der Waals surface area contributed by atoms with Gasteiger partial charge in [0.25, 0.3) is 5.91 Å². The number of ether oxygens (including phenoxy) is 1. The molecule has 2 N–H and O–H groups in total. The van der Waals surface area contributed by atoms with Crippen molar-refractivity contribution < 1.29 is 37.4 Å². The molecule has 2 atom stereocenters. The highest BCUT2D eigenvalue weighted by atomic mass is 19.4. The molecule has 0 spiro atoms. The van der Waals surface area contributed by atoms with Crippen LogP contribution in [0.5, 0.6) is 11.5 Å². The van der Waals surface area contributed by atoms with Crippen molar-refractivity contribution in [3.05, 3.63) is 101 Å². The van der Waals surface area contributed by atoms with Crippen molar-refractivity contribution in [2.45, 2.75) is 25.2 Å². The zero-order valence-electron chi connectivity index (χ0n) is 21.8. The van der Waals surface area contributed by atoms with Gasteiger partial charge in [-0.15, -0.1) is 5.06 Å². The SMILES string of the molecule is COc1ccnc(C(=O)N[C@@H](C)C(=O)ON(C)C(c2ccc(C(F)(F)F)cc2)c2ccc3ccccc3c2)c1O. The molecule has 1 amide bonds. The molecule has 0 bridgehead atoms. The van der Waals surface area contributed by atoms with Crippen LogP contribution in [0.4, 0.5) is 13.2 Å². The summed E-state index contributed by atoms with van der Waals surface area (Å²) in [5.74, 6) is -2.14. The van der Waals surface area contributed by atoms with Gasteiger partial charge in [0.15, 0.2) is 17.2 Å². The first-order valence-corrected chi connectivity index (χ1v) is 12.1. The van der Waals surface area contributed by atoms with Crippen molar-refractivity contribution in [1.29, 1.82) is 0 Å². The van der Waals surface area contributed by atoms with Crippen LogP contribution in [0.25, 0.3) is 10.8 Å². The van der Waals surface area contributed by atoms with Gasteiger partial charge in [0.05, 0.1) is 18.7 Å². The first-order valence-electron chi connectivity index (χ1n) is 12.1. The summed E-state index contributed by atoms with van der Waals surface area (Å²) in [5.41, 5.74) is -0.0400. The smallest absolute Gasteiger partial charge is 0.416 e. The van der Waals surface area contributed by atoms with E-state index in [1.165, 1.54) is 50.5 Å². The maximum absolute atomic E-state index is 13.2. The van der Waals surface area contributed by atoms with Crippen LogP contribution >= 0.6 is 0 Å². The fourth-order valence-electron chi connectivity index (χ4n) is 4.21. The number of methoxy groups -OCH3 is 1. The monoisotopic (exact) mass is 553 g/mol. The van der Waals surface area contributed by atoms with E-state index in [-0.39, 0.29) is 11.4 Å². The van der Waals surface area contributed by atoms with E-state index >= 15 is 0 Å². The third-order valence-electron chi connectivity index (χ3n) is 6.26. The van der Waals surface area contributed by atoms with Gasteiger partial charge in [-0.05, 0) is 47.0 Å². The number of aromatic hydroxyl groups is 1. The van der Waals surface area contributed by atoms with E-state index in [9.17, 15) is 27.9 Å². The van der Waals surface area contributed by atoms with Crippen molar-refractivity contribution in [2.24, 2.45) is 0 Å². The predicted molar refractivity (Wildman–Crippen MR) is 140 cm³/mol. The summed E-state index contributed by atoms with van der Waals surface area (Å²) in [6, 6.07) is 17.1. The second kappa shape index (κ2) is 11.6. The van der Waals surface area contributed by atoms with E-state index in [2.05, 4.69) is 10.3 Å². The van der Waals surface area contributed by atoms with Gasteiger partial charge in [0.2, 0.25) is 0 Å². The zero-order chi connectivity index (χ0) is 29.0. The van der Waals surface area contributed by atoms with E-state index in [0.29, 0.717) is 11.1 Å². The van der Waals surface area contributed by atoms with Crippen molar-refractivity contribution in [2.75, 3.05) is 14.2 Å². The Morgan fingerprint density at radius 1 is 0.975 bits per heavy atom. The van der Waals surface area contributed by atoms with Crippen LogP contribution in [0.15, 0.2) is 79.0 Å². The lowest BCUT2D eigenvalue weighted by molar-refractivity contribution is -0.193. The Bertz CT molecular complexity index is 1530. The molecule has 11 heteroatoms. The molecule has 8 nitrogen and oxygen atoms in total. The second-order valence-corrected chi connectivity index (χ2v) is 8.99. The minimum absolute atomic E-state index is 0.0323. The molecule has 3 aromatic carbocycles. The number of halogens is 3. The number of alkyl halides is 3. The van der Waals surface area contributed by atoms with Crippen molar-refractivity contribution in [3.8, 4) is 11.5 Å². The minimum Gasteiger partial charge on any atom is -0.503 e. The number of hydrogen-bond donors (Lipinski definition) is 2. The van der Waals surface area contributed by atoms with Gasteiger partial charge < -0.3 is 20.0 Å². The Hall–Kier alpha value is -4.64. The number of fused-ring (bicyclic) bond motifs is 1. The molecular formula is C29H26F3N3O5. The van der Waals surface area contributed by atoms with Crippen LogP contribution in [0, 0.1) is 0 Å². The summed E-state index contributed by atoms with van der Waals surface area (Å²) in [7, 11) is 2.79. The molecule has 1 heterocycles. The average Bonchev–Trinajstić information content (AvgIpc) is 2.93. The van der Waals surface area contributed by atoms with E-state index in [4.69, 9.17) is 9.57 Å². The Kier molecular flexibility index (Phi) is 8.24. The van der Waals surface area contributed by atoms with E-state index < -0.39 is 41.4 Å². The number of nitrogens with one attached hydrogen (secondary N) is 1.